The Hall–Kier alpha value is -2.40. The molecule has 0 N–H and O–H groups in total. The number of ether oxygens (including phenoxy) is 3. The van der Waals surface area contributed by atoms with Crippen molar-refractivity contribution in [1.82, 2.24) is 0 Å². The third kappa shape index (κ3) is 5.38. The van der Waals surface area contributed by atoms with Gasteiger partial charge in [-0.05, 0) is 36.8 Å². The van der Waals surface area contributed by atoms with Gasteiger partial charge in [-0.25, -0.2) is 9.18 Å². The molecule has 122 valence electrons. The molecule has 1 atom stereocenters. The Morgan fingerprint density at radius 3 is 2.70 bits per heavy atom. The summed E-state index contributed by atoms with van der Waals surface area (Å²) in [6.07, 6.45) is -0.461. The third-order valence-corrected chi connectivity index (χ3v) is 3.06. The number of carbonyl (C=O) groups excluding carboxylic acids is 1. The molecule has 0 amide bonds. The molecule has 0 bridgehead atoms. The van der Waals surface area contributed by atoms with Gasteiger partial charge in [0.05, 0.1) is 12.2 Å². The summed E-state index contributed by atoms with van der Waals surface area (Å²) in [6, 6.07) is 12.9. The lowest BCUT2D eigenvalue weighted by molar-refractivity contribution is 0.0228. The van der Waals surface area contributed by atoms with Gasteiger partial charge in [-0.15, -0.1) is 0 Å². The van der Waals surface area contributed by atoms with Crippen molar-refractivity contribution in [3.8, 4) is 5.75 Å². The van der Waals surface area contributed by atoms with Crippen molar-refractivity contribution >= 4 is 5.97 Å². The molecule has 0 heterocycles. The van der Waals surface area contributed by atoms with Gasteiger partial charge >= 0.3 is 5.97 Å². The van der Waals surface area contributed by atoms with Gasteiger partial charge in [0.25, 0.3) is 0 Å². The van der Waals surface area contributed by atoms with Gasteiger partial charge in [0, 0.05) is 13.2 Å². The van der Waals surface area contributed by atoms with Crippen LogP contribution in [-0.2, 0) is 16.1 Å². The van der Waals surface area contributed by atoms with E-state index >= 15 is 0 Å². The highest BCUT2D eigenvalue weighted by Gasteiger charge is 2.13. The number of benzene rings is 2. The second-order valence-corrected chi connectivity index (χ2v) is 5.12. The standard InChI is InChI=1S/C18H19FO4/c1-13(11-22-17-8-4-7-16(19)10-17)23-18(20)15-6-3-5-14(9-15)12-21-2/h3-10,13H,11-12H2,1-2H3. The van der Waals surface area contributed by atoms with Gasteiger partial charge in [0.15, 0.2) is 0 Å². The van der Waals surface area contributed by atoms with Gasteiger partial charge in [0.2, 0.25) is 0 Å². The first-order valence-electron chi connectivity index (χ1n) is 7.25. The van der Waals surface area contributed by atoms with Crippen LogP contribution < -0.4 is 4.74 Å². The van der Waals surface area contributed by atoms with Crippen LogP contribution >= 0.6 is 0 Å². The molecule has 2 rings (SSSR count). The van der Waals surface area contributed by atoms with Gasteiger partial charge in [-0.1, -0.05) is 18.2 Å². The van der Waals surface area contributed by atoms with Crippen molar-refractivity contribution in [2.24, 2.45) is 0 Å². The average Bonchev–Trinajstić information content (AvgIpc) is 2.53. The first-order valence-corrected chi connectivity index (χ1v) is 7.25. The topological polar surface area (TPSA) is 44.8 Å². The van der Waals surface area contributed by atoms with E-state index in [1.807, 2.05) is 6.07 Å². The Balaban J connectivity index is 1.88. The predicted molar refractivity (Wildman–Crippen MR) is 83.9 cm³/mol. The molecule has 2 aromatic rings. The first kappa shape index (κ1) is 17.0. The van der Waals surface area contributed by atoms with E-state index in [0.29, 0.717) is 17.9 Å². The molecular weight excluding hydrogens is 299 g/mol. The van der Waals surface area contributed by atoms with E-state index in [-0.39, 0.29) is 12.4 Å². The number of hydrogen-bond donors (Lipinski definition) is 0. The Labute approximate surface area is 134 Å². The fourth-order valence-corrected chi connectivity index (χ4v) is 2.01. The minimum atomic E-state index is -0.461. The first-order chi connectivity index (χ1) is 11.1. The van der Waals surface area contributed by atoms with E-state index < -0.39 is 12.1 Å². The fraction of sp³-hybridized carbons (Fsp3) is 0.278. The number of esters is 1. The van der Waals surface area contributed by atoms with E-state index in [0.717, 1.165) is 5.56 Å². The second kappa shape index (κ2) is 8.29. The van der Waals surface area contributed by atoms with E-state index in [4.69, 9.17) is 14.2 Å². The summed E-state index contributed by atoms with van der Waals surface area (Å²) in [5.41, 5.74) is 1.35. The predicted octanol–water partition coefficient (Wildman–Crippen LogP) is 3.60. The monoisotopic (exact) mass is 318 g/mol. The van der Waals surface area contributed by atoms with E-state index in [1.54, 1.807) is 44.4 Å². The van der Waals surface area contributed by atoms with Gasteiger partial charge in [-0.2, -0.15) is 0 Å². The van der Waals surface area contributed by atoms with Crippen molar-refractivity contribution in [2.75, 3.05) is 13.7 Å². The minimum Gasteiger partial charge on any atom is -0.490 e. The fourth-order valence-electron chi connectivity index (χ4n) is 2.01. The zero-order valence-corrected chi connectivity index (χ0v) is 13.1. The Bertz CT molecular complexity index is 657. The zero-order chi connectivity index (χ0) is 16.7. The van der Waals surface area contributed by atoms with Crippen LogP contribution in [-0.4, -0.2) is 25.8 Å². The number of methoxy groups -OCH3 is 1. The molecule has 0 fully saturated rings. The number of carbonyl (C=O) groups is 1. The third-order valence-electron chi connectivity index (χ3n) is 3.06. The maximum Gasteiger partial charge on any atom is 0.338 e. The largest absolute Gasteiger partial charge is 0.490 e. The molecule has 0 aromatic heterocycles. The summed E-state index contributed by atoms with van der Waals surface area (Å²) < 4.78 is 28.8. The summed E-state index contributed by atoms with van der Waals surface area (Å²) in [4.78, 5) is 12.1. The molecule has 0 aliphatic carbocycles. The normalized spacial score (nSPS) is 11.8. The summed E-state index contributed by atoms with van der Waals surface area (Å²) in [7, 11) is 1.59. The van der Waals surface area contributed by atoms with Crippen LogP contribution in [0, 0.1) is 5.82 Å². The lowest BCUT2D eigenvalue weighted by atomic mass is 10.1. The highest BCUT2D eigenvalue weighted by atomic mass is 19.1. The molecule has 0 spiro atoms. The molecular formula is C18H19FO4. The molecule has 23 heavy (non-hydrogen) atoms. The van der Waals surface area contributed by atoms with Crippen molar-refractivity contribution in [3.05, 3.63) is 65.5 Å². The Morgan fingerprint density at radius 2 is 1.96 bits per heavy atom. The summed E-state index contributed by atoms with van der Waals surface area (Å²) in [5, 5.41) is 0. The molecule has 1 unspecified atom stereocenters. The van der Waals surface area contributed by atoms with Crippen LogP contribution in [0.2, 0.25) is 0 Å². The quantitative estimate of drug-likeness (QED) is 0.732. The van der Waals surface area contributed by atoms with E-state index in [1.165, 1.54) is 12.1 Å². The summed E-state index contributed by atoms with van der Waals surface area (Å²) >= 11 is 0. The Morgan fingerprint density at radius 1 is 1.17 bits per heavy atom. The highest BCUT2D eigenvalue weighted by molar-refractivity contribution is 5.89. The molecule has 0 saturated carbocycles. The molecule has 0 radical (unpaired) electrons. The molecule has 5 heteroatoms. The second-order valence-electron chi connectivity index (χ2n) is 5.12. The number of halogens is 1. The van der Waals surface area contributed by atoms with Gasteiger partial charge in [0.1, 0.15) is 24.3 Å². The van der Waals surface area contributed by atoms with Gasteiger partial charge < -0.3 is 14.2 Å². The number of hydrogen-bond acceptors (Lipinski definition) is 4. The maximum atomic E-state index is 13.0. The van der Waals surface area contributed by atoms with Crippen LogP contribution in [0.1, 0.15) is 22.8 Å². The van der Waals surface area contributed by atoms with Crippen LogP contribution in [0.4, 0.5) is 4.39 Å². The van der Waals surface area contributed by atoms with Crippen LogP contribution in [0.15, 0.2) is 48.5 Å². The summed E-state index contributed by atoms with van der Waals surface area (Å²) in [6.45, 7) is 2.29. The maximum absolute atomic E-state index is 13.0. The van der Waals surface area contributed by atoms with Crippen molar-refractivity contribution in [1.29, 1.82) is 0 Å². The lowest BCUT2D eigenvalue weighted by Gasteiger charge is -2.15. The zero-order valence-electron chi connectivity index (χ0n) is 13.1. The lowest BCUT2D eigenvalue weighted by Crippen LogP contribution is -2.22. The summed E-state index contributed by atoms with van der Waals surface area (Å²) in [5.74, 6) is -0.407. The smallest absolute Gasteiger partial charge is 0.338 e. The van der Waals surface area contributed by atoms with E-state index in [2.05, 4.69) is 0 Å². The van der Waals surface area contributed by atoms with Crippen molar-refractivity contribution in [3.63, 3.8) is 0 Å². The number of rotatable bonds is 7. The van der Waals surface area contributed by atoms with Crippen molar-refractivity contribution in [2.45, 2.75) is 19.6 Å². The van der Waals surface area contributed by atoms with Crippen LogP contribution in [0.3, 0.4) is 0 Å². The highest BCUT2D eigenvalue weighted by Crippen LogP contribution is 2.13. The van der Waals surface area contributed by atoms with Gasteiger partial charge in [-0.3, -0.25) is 0 Å². The Kier molecular flexibility index (Phi) is 6.11. The SMILES string of the molecule is COCc1cccc(C(=O)OC(C)COc2cccc(F)c2)c1. The van der Waals surface area contributed by atoms with Crippen LogP contribution in [0.5, 0.6) is 5.75 Å². The van der Waals surface area contributed by atoms with E-state index in [9.17, 15) is 9.18 Å². The van der Waals surface area contributed by atoms with Crippen molar-refractivity contribution < 1.29 is 23.4 Å². The molecule has 0 aliphatic heterocycles. The molecule has 0 aliphatic rings. The minimum absolute atomic E-state index is 0.146. The molecule has 2 aromatic carbocycles. The van der Waals surface area contributed by atoms with Crippen LogP contribution in [0.25, 0.3) is 0 Å². The average molecular weight is 318 g/mol. The molecule has 4 nitrogen and oxygen atoms in total. The molecule has 0 saturated heterocycles.